The van der Waals surface area contributed by atoms with Crippen LogP contribution in [0.4, 0.5) is 11.4 Å². The summed E-state index contributed by atoms with van der Waals surface area (Å²) < 4.78 is 2.30. The quantitative estimate of drug-likeness (QED) is 0.302. The highest BCUT2D eigenvalue weighted by Gasteiger charge is 2.20. The molecule has 3 N–H and O–H groups in total. The molecule has 0 fully saturated rings. The number of pyridine rings is 1. The van der Waals surface area contributed by atoms with Crippen LogP contribution in [-0.4, -0.2) is 15.5 Å². The second-order valence-electron chi connectivity index (χ2n) is 9.15. The number of carbonyl (C=O) groups is 1. The fourth-order valence-electron chi connectivity index (χ4n) is 5.34. The number of anilines is 2. The first kappa shape index (κ1) is 21.2. The number of thiophene rings is 1. The number of aromatic nitrogens is 2. The Hall–Kier alpha value is -3.38. The van der Waals surface area contributed by atoms with E-state index in [2.05, 4.69) is 59.3 Å². The molecule has 34 heavy (non-hydrogen) atoms. The molecule has 0 saturated heterocycles. The van der Waals surface area contributed by atoms with Gasteiger partial charge in [-0.3, -0.25) is 4.79 Å². The second kappa shape index (κ2) is 8.44. The number of benzene rings is 2. The van der Waals surface area contributed by atoms with E-state index >= 15 is 0 Å². The number of fused-ring (bicyclic) bond motifs is 5. The number of rotatable bonds is 3. The van der Waals surface area contributed by atoms with Gasteiger partial charge < -0.3 is 15.6 Å². The van der Waals surface area contributed by atoms with E-state index in [0.717, 1.165) is 40.7 Å². The van der Waals surface area contributed by atoms with Crippen LogP contribution < -0.4 is 11.1 Å². The maximum absolute atomic E-state index is 13.3. The topological polar surface area (TPSA) is 72.9 Å². The molecule has 0 bridgehead atoms. The van der Waals surface area contributed by atoms with Gasteiger partial charge in [0.2, 0.25) is 0 Å². The fourth-order valence-corrected chi connectivity index (χ4v) is 6.33. The fraction of sp³-hybridized carbons (Fsp3) is 0.286. The lowest BCUT2D eigenvalue weighted by Gasteiger charge is -2.12. The van der Waals surface area contributed by atoms with E-state index in [0.29, 0.717) is 10.6 Å². The molecule has 0 spiro atoms. The Balaban J connectivity index is 1.36. The molecule has 1 aliphatic carbocycles. The number of nitrogens with zero attached hydrogens (tertiary/aromatic N) is 2. The lowest BCUT2D eigenvalue weighted by molar-refractivity contribution is 0.103. The first-order valence-corrected chi connectivity index (χ1v) is 13.0. The SMILES string of the molecule is CCn1c2ccccc2c2cc(NC(=O)c3sc4nc5c(cc4c3N)CCCCCC5)ccc21. The third-order valence-corrected chi connectivity index (χ3v) is 8.17. The maximum atomic E-state index is 13.3. The molecule has 2 aromatic carbocycles. The van der Waals surface area contributed by atoms with Gasteiger partial charge in [0.15, 0.2) is 0 Å². The molecule has 0 saturated carbocycles. The lowest BCUT2D eigenvalue weighted by atomic mass is 9.96. The van der Waals surface area contributed by atoms with Crippen LogP contribution in [0.5, 0.6) is 0 Å². The summed E-state index contributed by atoms with van der Waals surface area (Å²) in [5.74, 6) is -0.175. The number of carbonyl (C=O) groups excluding carboxylic acids is 1. The van der Waals surface area contributed by atoms with Crippen LogP contribution in [0.25, 0.3) is 32.0 Å². The van der Waals surface area contributed by atoms with Crippen molar-refractivity contribution in [3.8, 4) is 0 Å². The van der Waals surface area contributed by atoms with Crippen molar-refractivity contribution in [1.29, 1.82) is 0 Å². The predicted octanol–water partition coefficient (Wildman–Crippen LogP) is 6.92. The Morgan fingerprint density at radius 3 is 2.65 bits per heavy atom. The van der Waals surface area contributed by atoms with Gasteiger partial charge in [-0.15, -0.1) is 11.3 Å². The van der Waals surface area contributed by atoms with Crippen LogP contribution >= 0.6 is 11.3 Å². The lowest BCUT2D eigenvalue weighted by Crippen LogP contribution is -2.11. The summed E-state index contributed by atoms with van der Waals surface area (Å²) in [6.45, 7) is 3.05. The van der Waals surface area contributed by atoms with Crippen molar-refractivity contribution < 1.29 is 4.79 Å². The summed E-state index contributed by atoms with van der Waals surface area (Å²) in [5, 5.41) is 6.33. The van der Waals surface area contributed by atoms with Crippen molar-refractivity contribution in [2.24, 2.45) is 0 Å². The van der Waals surface area contributed by atoms with Crippen molar-refractivity contribution in [2.45, 2.75) is 52.0 Å². The van der Waals surface area contributed by atoms with Crippen molar-refractivity contribution >= 4 is 60.6 Å². The number of hydrogen-bond acceptors (Lipinski definition) is 4. The molecule has 5 nitrogen and oxygen atoms in total. The van der Waals surface area contributed by atoms with E-state index in [1.807, 2.05) is 6.07 Å². The van der Waals surface area contributed by atoms with Crippen LogP contribution in [0.15, 0.2) is 48.5 Å². The van der Waals surface area contributed by atoms with Crippen molar-refractivity contribution in [2.75, 3.05) is 11.1 Å². The summed E-state index contributed by atoms with van der Waals surface area (Å²) in [7, 11) is 0. The molecule has 6 rings (SSSR count). The largest absolute Gasteiger partial charge is 0.397 e. The second-order valence-corrected chi connectivity index (χ2v) is 10.2. The molecule has 0 radical (unpaired) electrons. The first-order valence-electron chi connectivity index (χ1n) is 12.2. The Labute approximate surface area is 202 Å². The number of nitrogen functional groups attached to an aromatic ring is 1. The maximum Gasteiger partial charge on any atom is 0.267 e. The standard InChI is InChI=1S/C28H28N4OS/c1-2-32-23-12-8-7-10-19(23)20-16-18(13-14-24(20)32)30-27(33)26-25(29)21-15-17-9-5-3-4-6-11-22(17)31-28(21)34-26/h7-8,10,12-16H,2-6,9,11,29H2,1H3,(H,30,33). The highest BCUT2D eigenvalue weighted by atomic mass is 32.1. The van der Waals surface area contributed by atoms with Crippen molar-refractivity contribution in [3.63, 3.8) is 0 Å². The molecule has 1 amide bonds. The van der Waals surface area contributed by atoms with Gasteiger partial charge in [0.05, 0.1) is 5.69 Å². The Bertz CT molecular complexity index is 1560. The van der Waals surface area contributed by atoms with E-state index in [1.54, 1.807) is 0 Å². The molecule has 172 valence electrons. The van der Waals surface area contributed by atoms with Gasteiger partial charge in [-0.2, -0.15) is 0 Å². The van der Waals surface area contributed by atoms with Gasteiger partial charge in [0.25, 0.3) is 5.91 Å². The minimum absolute atomic E-state index is 0.175. The summed E-state index contributed by atoms with van der Waals surface area (Å²) in [6, 6.07) is 16.7. The summed E-state index contributed by atoms with van der Waals surface area (Å²) in [6.07, 6.45) is 6.95. The van der Waals surface area contributed by atoms with Crippen molar-refractivity contribution in [1.82, 2.24) is 9.55 Å². The van der Waals surface area contributed by atoms with Crippen LogP contribution in [0, 0.1) is 0 Å². The normalized spacial score (nSPS) is 14.3. The highest BCUT2D eigenvalue weighted by Crippen LogP contribution is 2.36. The predicted molar refractivity (Wildman–Crippen MR) is 143 cm³/mol. The first-order chi connectivity index (χ1) is 16.6. The van der Waals surface area contributed by atoms with Gasteiger partial charge in [0.1, 0.15) is 9.71 Å². The molecular weight excluding hydrogens is 440 g/mol. The summed E-state index contributed by atoms with van der Waals surface area (Å²) >= 11 is 1.40. The van der Waals surface area contributed by atoms with Gasteiger partial charge in [-0.1, -0.05) is 31.0 Å². The summed E-state index contributed by atoms with van der Waals surface area (Å²) in [5.41, 5.74) is 12.7. The zero-order chi connectivity index (χ0) is 23.2. The minimum atomic E-state index is -0.175. The van der Waals surface area contributed by atoms with Crippen LogP contribution in [-0.2, 0) is 19.4 Å². The van der Waals surface area contributed by atoms with Crippen LogP contribution in [0.1, 0.15) is 53.5 Å². The molecule has 0 atom stereocenters. The molecule has 1 aliphatic rings. The molecule has 5 aromatic rings. The summed E-state index contributed by atoms with van der Waals surface area (Å²) in [4.78, 5) is 19.6. The average molecular weight is 469 g/mol. The Morgan fingerprint density at radius 1 is 1.00 bits per heavy atom. The number of nitrogens with two attached hydrogens (primary N) is 1. The van der Waals surface area contributed by atoms with E-state index in [1.165, 1.54) is 64.7 Å². The van der Waals surface area contributed by atoms with Gasteiger partial charge in [-0.25, -0.2) is 4.98 Å². The molecule has 6 heteroatoms. The molecular formula is C28H28N4OS. The van der Waals surface area contributed by atoms with E-state index in [4.69, 9.17) is 10.7 Å². The van der Waals surface area contributed by atoms with Crippen LogP contribution in [0.3, 0.4) is 0 Å². The number of para-hydroxylation sites is 1. The number of nitrogens with one attached hydrogen (secondary N) is 1. The molecule has 0 unspecified atom stereocenters. The average Bonchev–Trinajstić information content (AvgIpc) is 3.33. The number of aryl methyl sites for hydroxylation is 3. The van der Waals surface area contributed by atoms with Gasteiger partial charge in [0, 0.05) is 45.1 Å². The molecule has 0 aliphatic heterocycles. The third kappa shape index (κ3) is 3.44. The highest BCUT2D eigenvalue weighted by molar-refractivity contribution is 7.21. The monoisotopic (exact) mass is 468 g/mol. The smallest absolute Gasteiger partial charge is 0.267 e. The molecule has 3 heterocycles. The van der Waals surface area contributed by atoms with E-state index in [-0.39, 0.29) is 5.91 Å². The van der Waals surface area contributed by atoms with Crippen LogP contribution in [0.2, 0.25) is 0 Å². The molecule has 3 aromatic heterocycles. The zero-order valence-electron chi connectivity index (χ0n) is 19.4. The Kier molecular flexibility index (Phi) is 5.26. The zero-order valence-corrected chi connectivity index (χ0v) is 20.2. The van der Waals surface area contributed by atoms with Crippen molar-refractivity contribution in [3.05, 3.63) is 64.7 Å². The van der Waals surface area contributed by atoms with Gasteiger partial charge in [-0.05, 0) is 68.5 Å². The minimum Gasteiger partial charge on any atom is -0.397 e. The van der Waals surface area contributed by atoms with Gasteiger partial charge >= 0.3 is 0 Å². The number of hydrogen-bond donors (Lipinski definition) is 2. The van der Waals surface area contributed by atoms with E-state index < -0.39 is 0 Å². The van der Waals surface area contributed by atoms with E-state index in [9.17, 15) is 4.79 Å². The Morgan fingerprint density at radius 2 is 1.79 bits per heavy atom. The number of amides is 1. The third-order valence-electron chi connectivity index (χ3n) is 7.05.